The van der Waals surface area contributed by atoms with Crippen LogP contribution in [0.3, 0.4) is 0 Å². The molecule has 1 fully saturated rings. The van der Waals surface area contributed by atoms with Crippen LogP contribution in [-0.4, -0.2) is 41.2 Å². The van der Waals surface area contributed by atoms with Gasteiger partial charge in [-0.15, -0.1) is 10.2 Å². The molecule has 2 aromatic rings. The number of aromatic nitrogens is 2. The molecule has 2 heterocycles. The zero-order valence-electron chi connectivity index (χ0n) is 13.7. The molecular formula is C16H15BrF3N3O3. The summed E-state index contributed by atoms with van der Waals surface area (Å²) in [5.74, 6) is -1.28. The topological polar surface area (TPSA) is 68.5 Å². The van der Waals surface area contributed by atoms with Crippen molar-refractivity contribution < 1.29 is 27.1 Å². The fourth-order valence-electron chi connectivity index (χ4n) is 2.81. The summed E-state index contributed by atoms with van der Waals surface area (Å²) >= 11 is 3.35. The zero-order valence-corrected chi connectivity index (χ0v) is 15.3. The second kappa shape index (κ2) is 7.26. The Hall–Kier alpha value is -2.10. The van der Waals surface area contributed by atoms with Gasteiger partial charge in [-0.25, -0.2) is 0 Å². The number of nitrogens with zero attached hydrogens (tertiary/aromatic N) is 3. The molecule has 1 aliphatic rings. The second-order valence-electron chi connectivity index (χ2n) is 5.86. The van der Waals surface area contributed by atoms with E-state index in [-0.39, 0.29) is 17.7 Å². The third-order valence-corrected chi connectivity index (χ3v) is 4.91. The smallest absolute Gasteiger partial charge is 0.470 e. The molecule has 26 heavy (non-hydrogen) atoms. The predicted octanol–water partition coefficient (Wildman–Crippen LogP) is 3.88. The SMILES string of the molecule is COc1ccc(Br)c(C(=O)N2CCC(c3nnc(C(F)(F)F)o3)CC2)c1. The highest BCUT2D eigenvalue weighted by Crippen LogP contribution is 2.33. The summed E-state index contributed by atoms with van der Waals surface area (Å²) in [6.07, 6.45) is -3.75. The van der Waals surface area contributed by atoms with Crippen molar-refractivity contribution in [3.63, 3.8) is 0 Å². The van der Waals surface area contributed by atoms with Gasteiger partial charge >= 0.3 is 12.1 Å². The van der Waals surface area contributed by atoms with Crippen molar-refractivity contribution in [2.24, 2.45) is 0 Å². The van der Waals surface area contributed by atoms with Crippen LogP contribution >= 0.6 is 15.9 Å². The van der Waals surface area contributed by atoms with Gasteiger partial charge in [0.1, 0.15) is 5.75 Å². The normalized spacial score (nSPS) is 16.0. The van der Waals surface area contributed by atoms with Gasteiger partial charge < -0.3 is 14.1 Å². The lowest BCUT2D eigenvalue weighted by atomic mass is 9.96. The summed E-state index contributed by atoms with van der Waals surface area (Å²) in [5.41, 5.74) is 0.472. The number of benzene rings is 1. The minimum atomic E-state index is -4.65. The fourth-order valence-corrected chi connectivity index (χ4v) is 3.23. The number of rotatable bonds is 3. The Morgan fingerprint density at radius 1 is 1.31 bits per heavy atom. The van der Waals surface area contributed by atoms with E-state index in [4.69, 9.17) is 9.15 Å². The van der Waals surface area contributed by atoms with Gasteiger partial charge in [-0.1, -0.05) is 0 Å². The Morgan fingerprint density at radius 3 is 2.58 bits per heavy atom. The largest absolute Gasteiger partial charge is 0.497 e. The lowest BCUT2D eigenvalue weighted by Crippen LogP contribution is -2.38. The molecule has 1 amide bonds. The first-order valence-electron chi connectivity index (χ1n) is 7.83. The summed E-state index contributed by atoms with van der Waals surface area (Å²) in [6.45, 7) is 0.772. The van der Waals surface area contributed by atoms with E-state index >= 15 is 0 Å². The number of piperidine rings is 1. The maximum Gasteiger partial charge on any atom is 0.470 e. The molecule has 1 saturated heterocycles. The molecular weight excluding hydrogens is 419 g/mol. The van der Waals surface area contributed by atoms with Crippen molar-refractivity contribution >= 4 is 21.8 Å². The number of hydrogen-bond acceptors (Lipinski definition) is 5. The third-order valence-electron chi connectivity index (χ3n) is 4.22. The molecule has 1 aliphatic heterocycles. The Kier molecular flexibility index (Phi) is 5.22. The van der Waals surface area contributed by atoms with Gasteiger partial charge in [0.05, 0.1) is 12.7 Å². The molecule has 140 valence electrons. The number of alkyl halides is 3. The first-order chi connectivity index (χ1) is 12.3. The predicted molar refractivity (Wildman–Crippen MR) is 87.9 cm³/mol. The number of carbonyl (C=O) groups excluding carboxylic acids is 1. The molecule has 0 atom stereocenters. The number of halogens is 4. The summed E-state index contributed by atoms with van der Waals surface area (Å²) < 4.78 is 48.2. The number of likely N-dealkylation sites (tertiary alicyclic amines) is 1. The van der Waals surface area contributed by atoms with Gasteiger partial charge in [-0.2, -0.15) is 13.2 Å². The Morgan fingerprint density at radius 2 is 2.00 bits per heavy atom. The molecule has 0 N–H and O–H groups in total. The minimum absolute atomic E-state index is 0.0352. The van der Waals surface area contributed by atoms with Gasteiger partial charge in [0.15, 0.2) is 0 Å². The number of hydrogen-bond donors (Lipinski definition) is 0. The third kappa shape index (κ3) is 3.84. The molecule has 0 radical (unpaired) electrons. The number of ether oxygens (including phenoxy) is 1. The second-order valence-corrected chi connectivity index (χ2v) is 6.71. The molecule has 0 unspecified atom stereocenters. The minimum Gasteiger partial charge on any atom is -0.497 e. The van der Waals surface area contributed by atoms with Crippen molar-refractivity contribution in [2.75, 3.05) is 20.2 Å². The molecule has 10 heteroatoms. The molecule has 1 aromatic heterocycles. The van der Waals surface area contributed by atoms with E-state index in [2.05, 4.69) is 26.1 Å². The number of carbonyl (C=O) groups is 1. The van der Waals surface area contributed by atoms with Crippen molar-refractivity contribution in [1.82, 2.24) is 15.1 Å². The van der Waals surface area contributed by atoms with Gasteiger partial charge in [-0.05, 0) is 47.0 Å². The van der Waals surface area contributed by atoms with E-state index in [0.717, 1.165) is 0 Å². The van der Waals surface area contributed by atoms with E-state index in [1.54, 1.807) is 23.1 Å². The maximum absolute atomic E-state index is 12.7. The van der Waals surface area contributed by atoms with Crippen LogP contribution in [0.2, 0.25) is 0 Å². The lowest BCUT2D eigenvalue weighted by Gasteiger charge is -2.30. The highest BCUT2D eigenvalue weighted by molar-refractivity contribution is 9.10. The van der Waals surface area contributed by atoms with E-state index in [1.807, 2.05) is 0 Å². The molecule has 0 saturated carbocycles. The van der Waals surface area contributed by atoms with Gasteiger partial charge in [-0.3, -0.25) is 4.79 Å². The van der Waals surface area contributed by atoms with Crippen LogP contribution in [-0.2, 0) is 6.18 Å². The van der Waals surface area contributed by atoms with Gasteiger partial charge in [0.2, 0.25) is 5.89 Å². The summed E-state index contributed by atoms with van der Waals surface area (Å²) in [7, 11) is 1.52. The molecule has 0 spiro atoms. The molecule has 0 bridgehead atoms. The molecule has 0 aliphatic carbocycles. The van der Waals surface area contributed by atoms with Crippen LogP contribution in [0.5, 0.6) is 5.75 Å². The average Bonchev–Trinajstić information content (AvgIpc) is 3.12. The Labute approximate surface area is 155 Å². The monoisotopic (exact) mass is 433 g/mol. The standard InChI is InChI=1S/C16H15BrF3N3O3/c1-25-10-2-3-12(17)11(8-10)14(24)23-6-4-9(5-7-23)13-21-22-15(26-13)16(18,19)20/h2-3,8-9H,4-7H2,1H3. The van der Waals surface area contributed by atoms with Crippen molar-refractivity contribution in [1.29, 1.82) is 0 Å². The van der Waals surface area contributed by atoms with Crippen LogP contribution < -0.4 is 4.74 Å². The van der Waals surface area contributed by atoms with Crippen LogP contribution in [0.1, 0.15) is 40.9 Å². The van der Waals surface area contributed by atoms with E-state index in [0.29, 0.717) is 41.7 Å². The van der Waals surface area contributed by atoms with Crippen LogP contribution in [0, 0.1) is 0 Å². The Bertz CT molecular complexity index is 802. The van der Waals surface area contributed by atoms with Crippen LogP contribution in [0.4, 0.5) is 13.2 Å². The number of amides is 1. The zero-order chi connectivity index (χ0) is 18.9. The molecule has 6 nitrogen and oxygen atoms in total. The average molecular weight is 434 g/mol. The van der Waals surface area contributed by atoms with Crippen molar-refractivity contribution in [3.8, 4) is 5.75 Å². The fraction of sp³-hybridized carbons (Fsp3) is 0.438. The van der Waals surface area contributed by atoms with Gasteiger partial charge in [0, 0.05) is 23.5 Å². The van der Waals surface area contributed by atoms with E-state index in [1.165, 1.54) is 7.11 Å². The van der Waals surface area contributed by atoms with Crippen LogP contribution in [0.25, 0.3) is 0 Å². The highest BCUT2D eigenvalue weighted by atomic mass is 79.9. The first-order valence-corrected chi connectivity index (χ1v) is 8.62. The highest BCUT2D eigenvalue weighted by Gasteiger charge is 2.39. The van der Waals surface area contributed by atoms with Gasteiger partial charge in [0.25, 0.3) is 5.91 Å². The number of methoxy groups -OCH3 is 1. The van der Waals surface area contributed by atoms with E-state index in [9.17, 15) is 18.0 Å². The molecule has 1 aromatic carbocycles. The molecule has 3 rings (SSSR count). The van der Waals surface area contributed by atoms with Crippen molar-refractivity contribution in [3.05, 3.63) is 40.0 Å². The lowest BCUT2D eigenvalue weighted by molar-refractivity contribution is -0.157. The first kappa shape index (κ1) is 18.7. The quantitative estimate of drug-likeness (QED) is 0.734. The maximum atomic E-state index is 12.7. The summed E-state index contributed by atoms with van der Waals surface area (Å²) in [5, 5.41) is 6.56. The Balaban J connectivity index is 1.67. The van der Waals surface area contributed by atoms with E-state index < -0.39 is 12.1 Å². The summed E-state index contributed by atoms with van der Waals surface area (Å²) in [4.78, 5) is 14.4. The van der Waals surface area contributed by atoms with Crippen LogP contribution in [0.15, 0.2) is 27.1 Å². The summed E-state index contributed by atoms with van der Waals surface area (Å²) in [6, 6.07) is 5.11. The van der Waals surface area contributed by atoms with Crippen molar-refractivity contribution in [2.45, 2.75) is 24.9 Å².